The lowest BCUT2D eigenvalue weighted by Gasteiger charge is -2.25. The first-order valence-corrected chi connectivity index (χ1v) is 16.3. The van der Waals surface area contributed by atoms with E-state index in [-0.39, 0.29) is 34.8 Å². The Kier molecular flexibility index (Phi) is 13.5. The number of nitrogens with zero attached hydrogens (tertiary/aromatic N) is 4. The fourth-order valence-corrected chi connectivity index (χ4v) is 5.30. The summed E-state index contributed by atoms with van der Waals surface area (Å²) in [6.45, 7) is 8.55. The summed E-state index contributed by atoms with van der Waals surface area (Å²) in [5.41, 5.74) is 5.31. The molecule has 0 bridgehead atoms. The normalized spacial score (nSPS) is 14.6. The molecular weight excluding hydrogens is 671 g/mol. The van der Waals surface area contributed by atoms with Crippen molar-refractivity contribution in [1.82, 2.24) is 25.2 Å². The number of amides is 1. The van der Waals surface area contributed by atoms with Crippen LogP contribution in [0.5, 0.6) is 0 Å². The van der Waals surface area contributed by atoms with E-state index in [1.807, 2.05) is 43.3 Å². The molecule has 1 N–H and O–H groups in total. The van der Waals surface area contributed by atoms with Gasteiger partial charge >= 0.3 is 6.09 Å². The number of carbonyl (C=O) groups excluding carboxylic acids is 1. The van der Waals surface area contributed by atoms with E-state index in [0.717, 1.165) is 53.8 Å². The molecule has 0 saturated carbocycles. The number of pyridine rings is 3. The standard InChI is InChI=1S/C19H19FN2O2.C11H15FN2.C6H5BrFN/c1-14-11-17(20)18(21-12-14)16-7-9-22(10-8-16)19(23)24-13-15-5-3-2-4-6-15;1-8-6-10(12)11(14-7-8)9-2-4-13-5-3-9;1-4-2-5(8)6(7)9-3-4/h2-7,11-12H,8-10,13H2,1H3;6-7,9,13H,2-5H2,1H3;2-3H,1H3. The minimum absolute atomic E-state index is 0.142. The maximum absolute atomic E-state index is 14.0. The van der Waals surface area contributed by atoms with Crippen molar-refractivity contribution < 1.29 is 22.7 Å². The number of halogens is 4. The van der Waals surface area contributed by atoms with Crippen LogP contribution in [0, 0.1) is 38.2 Å². The fraction of sp³-hybridized carbons (Fsp3) is 0.333. The average Bonchev–Trinajstić information content (AvgIpc) is 3.07. The summed E-state index contributed by atoms with van der Waals surface area (Å²) >= 11 is 2.94. The highest BCUT2D eigenvalue weighted by Crippen LogP contribution is 2.26. The Morgan fingerprint density at radius 1 is 0.894 bits per heavy atom. The number of aryl methyl sites for hydroxylation is 3. The number of hydrogen-bond acceptors (Lipinski definition) is 6. The molecule has 11 heteroatoms. The van der Waals surface area contributed by atoms with Crippen LogP contribution in [0.4, 0.5) is 18.0 Å². The Hall–Kier alpha value is -4.09. The quantitative estimate of drug-likeness (QED) is 0.215. The molecule has 2 aliphatic rings. The molecule has 1 fully saturated rings. The number of hydrogen-bond donors (Lipinski definition) is 1. The van der Waals surface area contributed by atoms with Crippen molar-refractivity contribution in [3.8, 4) is 0 Å². The fourth-order valence-electron chi connectivity index (χ4n) is 5.09. The van der Waals surface area contributed by atoms with Crippen molar-refractivity contribution >= 4 is 27.6 Å². The van der Waals surface area contributed by atoms with Gasteiger partial charge in [-0.05, 0) is 115 Å². The molecule has 0 unspecified atom stereocenters. The van der Waals surface area contributed by atoms with E-state index < -0.39 is 0 Å². The van der Waals surface area contributed by atoms with Gasteiger partial charge in [-0.15, -0.1) is 0 Å². The molecule has 0 aliphatic carbocycles. The van der Waals surface area contributed by atoms with Gasteiger partial charge in [0.15, 0.2) is 5.82 Å². The Morgan fingerprint density at radius 3 is 2.09 bits per heavy atom. The summed E-state index contributed by atoms with van der Waals surface area (Å²) in [6, 6.07) is 14.0. The third-order valence-electron chi connectivity index (χ3n) is 7.62. The number of rotatable bonds is 4. The largest absolute Gasteiger partial charge is 0.445 e. The predicted molar refractivity (Wildman–Crippen MR) is 180 cm³/mol. The Labute approximate surface area is 282 Å². The van der Waals surface area contributed by atoms with Gasteiger partial charge in [0, 0.05) is 37.6 Å². The van der Waals surface area contributed by atoms with E-state index >= 15 is 0 Å². The van der Waals surface area contributed by atoms with Crippen LogP contribution in [0.2, 0.25) is 0 Å². The third-order valence-corrected chi connectivity index (χ3v) is 8.20. The van der Waals surface area contributed by atoms with Crippen molar-refractivity contribution in [3.63, 3.8) is 0 Å². The molecule has 4 aromatic rings. The van der Waals surface area contributed by atoms with Gasteiger partial charge in [0.25, 0.3) is 0 Å². The zero-order valence-electron chi connectivity index (χ0n) is 26.8. The molecule has 47 heavy (non-hydrogen) atoms. The van der Waals surface area contributed by atoms with E-state index in [2.05, 4.69) is 36.2 Å². The first-order chi connectivity index (χ1) is 22.6. The second-order valence-electron chi connectivity index (χ2n) is 11.5. The van der Waals surface area contributed by atoms with Gasteiger partial charge in [-0.3, -0.25) is 9.97 Å². The summed E-state index contributed by atoms with van der Waals surface area (Å²) in [5.74, 6) is -0.467. The average molecular weight is 711 g/mol. The van der Waals surface area contributed by atoms with Crippen LogP contribution in [0.3, 0.4) is 0 Å². The third kappa shape index (κ3) is 11.0. The Balaban J connectivity index is 0.000000182. The van der Waals surface area contributed by atoms with Crippen molar-refractivity contribution in [3.05, 3.63) is 129 Å². The van der Waals surface area contributed by atoms with Crippen LogP contribution in [-0.4, -0.2) is 52.1 Å². The summed E-state index contributed by atoms with van der Waals surface area (Å²) in [5, 5.41) is 3.27. The van der Waals surface area contributed by atoms with E-state index in [1.54, 1.807) is 43.4 Å². The SMILES string of the molecule is Cc1cnc(Br)c(F)c1.Cc1cnc(C2=CCN(C(=O)OCc3ccccc3)CC2)c(F)c1.Cc1cnc(C2CCNCC2)c(F)c1. The lowest BCUT2D eigenvalue weighted by Crippen LogP contribution is -2.35. The molecule has 248 valence electrons. The monoisotopic (exact) mass is 709 g/mol. The first kappa shape index (κ1) is 35.8. The van der Waals surface area contributed by atoms with Crippen LogP contribution >= 0.6 is 15.9 Å². The minimum atomic E-state index is -0.355. The molecule has 7 nitrogen and oxygen atoms in total. The number of aromatic nitrogens is 3. The highest BCUT2D eigenvalue weighted by molar-refractivity contribution is 9.10. The summed E-state index contributed by atoms with van der Waals surface area (Å²) < 4.78 is 45.6. The van der Waals surface area contributed by atoms with E-state index in [4.69, 9.17) is 4.74 Å². The van der Waals surface area contributed by atoms with E-state index in [1.165, 1.54) is 12.1 Å². The van der Waals surface area contributed by atoms with Crippen LogP contribution in [0.25, 0.3) is 5.57 Å². The van der Waals surface area contributed by atoms with E-state index in [9.17, 15) is 18.0 Å². The van der Waals surface area contributed by atoms with Gasteiger partial charge in [0.05, 0.1) is 5.69 Å². The summed E-state index contributed by atoms with van der Waals surface area (Å²) in [6.07, 6.45) is 9.04. The van der Waals surface area contributed by atoms with Crippen molar-refractivity contribution in [2.24, 2.45) is 0 Å². The molecule has 1 aromatic carbocycles. The Morgan fingerprint density at radius 2 is 1.51 bits per heavy atom. The second-order valence-corrected chi connectivity index (χ2v) is 12.2. The van der Waals surface area contributed by atoms with Gasteiger partial charge < -0.3 is 15.0 Å². The lowest BCUT2D eigenvalue weighted by molar-refractivity contribution is 0.0998. The summed E-state index contributed by atoms with van der Waals surface area (Å²) in [4.78, 5) is 25.8. The smallest absolute Gasteiger partial charge is 0.410 e. The molecule has 0 radical (unpaired) electrons. The van der Waals surface area contributed by atoms with Gasteiger partial charge in [0.1, 0.15) is 28.5 Å². The number of ether oxygens (including phenoxy) is 1. The second kappa shape index (κ2) is 17.7. The molecule has 0 atom stereocenters. The highest BCUT2D eigenvalue weighted by atomic mass is 79.9. The molecule has 3 aromatic heterocycles. The number of benzene rings is 1. The van der Waals surface area contributed by atoms with Crippen LogP contribution in [0.1, 0.15) is 58.8 Å². The van der Waals surface area contributed by atoms with Crippen LogP contribution in [0.15, 0.2) is 77.8 Å². The van der Waals surface area contributed by atoms with Gasteiger partial charge in [0.2, 0.25) is 0 Å². The molecule has 1 saturated heterocycles. The molecular formula is C36H39BrF3N5O2. The number of nitrogens with one attached hydrogen (secondary N) is 1. The van der Waals surface area contributed by atoms with Crippen molar-refractivity contribution in [1.29, 1.82) is 0 Å². The topological polar surface area (TPSA) is 80.2 Å². The number of piperidine rings is 1. The van der Waals surface area contributed by atoms with E-state index in [0.29, 0.717) is 36.8 Å². The molecule has 5 heterocycles. The van der Waals surface area contributed by atoms with Gasteiger partial charge in [-0.25, -0.2) is 22.9 Å². The zero-order valence-corrected chi connectivity index (χ0v) is 28.4. The molecule has 6 rings (SSSR count). The van der Waals surface area contributed by atoms with Crippen molar-refractivity contribution in [2.75, 3.05) is 26.2 Å². The first-order valence-electron chi connectivity index (χ1n) is 15.5. The summed E-state index contributed by atoms with van der Waals surface area (Å²) in [7, 11) is 0. The molecule has 2 aliphatic heterocycles. The Bertz CT molecular complexity index is 1670. The lowest BCUT2D eigenvalue weighted by atomic mass is 9.93. The van der Waals surface area contributed by atoms with Crippen LogP contribution in [-0.2, 0) is 11.3 Å². The maximum atomic E-state index is 14.0. The highest BCUT2D eigenvalue weighted by Gasteiger charge is 2.22. The van der Waals surface area contributed by atoms with Crippen LogP contribution < -0.4 is 5.32 Å². The maximum Gasteiger partial charge on any atom is 0.410 e. The molecule has 0 spiro atoms. The molecule has 1 amide bonds. The van der Waals surface area contributed by atoms with Crippen molar-refractivity contribution in [2.45, 2.75) is 52.6 Å². The minimum Gasteiger partial charge on any atom is -0.445 e. The predicted octanol–water partition coefficient (Wildman–Crippen LogP) is 8.24. The van der Waals surface area contributed by atoms with Gasteiger partial charge in [-0.1, -0.05) is 36.4 Å². The zero-order chi connectivity index (χ0) is 33.8. The van der Waals surface area contributed by atoms with Gasteiger partial charge in [-0.2, -0.15) is 0 Å². The number of carbonyl (C=O) groups is 1.